The quantitative estimate of drug-likeness (QED) is 0.637. The first kappa shape index (κ1) is 18.1. The lowest BCUT2D eigenvalue weighted by molar-refractivity contribution is 0.415. The highest BCUT2D eigenvalue weighted by Crippen LogP contribution is 2.30. The van der Waals surface area contributed by atoms with E-state index >= 15 is 0 Å². The zero-order chi connectivity index (χ0) is 19.6. The van der Waals surface area contributed by atoms with Gasteiger partial charge in [0.1, 0.15) is 11.6 Å². The highest BCUT2D eigenvalue weighted by molar-refractivity contribution is 6.14. The van der Waals surface area contributed by atoms with E-state index in [1.807, 2.05) is 55.7 Å². The second kappa shape index (κ2) is 7.36. The zero-order valence-electron chi connectivity index (χ0n) is 16.0. The van der Waals surface area contributed by atoms with Crippen LogP contribution < -0.4 is 20.7 Å². The fourth-order valence-corrected chi connectivity index (χ4v) is 3.35. The van der Waals surface area contributed by atoms with Crippen LogP contribution in [0.5, 0.6) is 5.75 Å². The van der Waals surface area contributed by atoms with Gasteiger partial charge in [-0.1, -0.05) is 12.1 Å². The van der Waals surface area contributed by atoms with Crippen molar-refractivity contribution >= 4 is 17.2 Å². The molecule has 0 radical (unpaired) electrons. The van der Waals surface area contributed by atoms with Crippen molar-refractivity contribution in [3.8, 4) is 5.75 Å². The number of rotatable bonds is 5. The third-order valence-electron chi connectivity index (χ3n) is 4.93. The number of H-pyrrole nitrogens is 1. The van der Waals surface area contributed by atoms with Gasteiger partial charge in [-0.25, -0.2) is 9.98 Å². The summed E-state index contributed by atoms with van der Waals surface area (Å²) in [7, 11) is 3.66. The first-order chi connectivity index (χ1) is 13.6. The van der Waals surface area contributed by atoms with E-state index in [1.165, 1.54) is 0 Å². The van der Waals surface area contributed by atoms with Gasteiger partial charge in [0.15, 0.2) is 5.79 Å². The van der Waals surface area contributed by atoms with E-state index in [-0.39, 0.29) is 0 Å². The Hall–Kier alpha value is -3.32. The second-order valence-corrected chi connectivity index (χ2v) is 6.86. The number of fused-ring (bicyclic) bond motifs is 1. The fourth-order valence-electron chi connectivity index (χ4n) is 3.35. The number of hydrogen-bond acceptors (Lipinski definition) is 6. The number of nitrogens with zero attached hydrogens (tertiary/aromatic N) is 3. The molecule has 0 aliphatic carbocycles. The summed E-state index contributed by atoms with van der Waals surface area (Å²) in [5.74, 6) is 0.736. The van der Waals surface area contributed by atoms with Crippen LogP contribution in [0.15, 0.2) is 66.0 Å². The van der Waals surface area contributed by atoms with E-state index in [0.717, 1.165) is 40.6 Å². The minimum absolute atomic E-state index is 0.628. The van der Waals surface area contributed by atoms with Crippen molar-refractivity contribution in [3.63, 3.8) is 0 Å². The Morgan fingerprint density at radius 1 is 1.14 bits per heavy atom. The molecule has 144 valence electrons. The SMILES string of the molecule is COc1ccc(N(C)C2=NC(N)(CCc3cnc[nH]3)Nc3ccccc32)cc1. The first-order valence-electron chi connectivity index (χ1n) is 9.19. The Kier molecular flexibility index (Phi) is 4.75. The van der Waals surface area contributed by atoms with Gasteiger partial charge in [0.25, 0.3) is 0 Å². The van der Waals surface area contributed by atoms with Crippen LogP contribution in [0, 0.1) is 0 Å². The molecule has 1 aromatic heterocycles. The summed E-state index contributed by atoms with van der Waals surface area (Å²) in [6.45, 7) is 0. The van der Waals surface area contributed by atoms with Crippen LogP contribution in [0.2, 0.25) is 0 Å². The molecule has 7 heteroatoms. The van der Waals surface area contributed by atoms with Gasteiger partial charge in [-0.05, 0) is 42.8 Å². The zero-order valence-corrected chi connectivity index (χ0v) is 16.0. The molecule has 0 saturated carbocycles. The number of methoxy groups -OCH3 is 1. The van der Waals surface area contributed by atoms with E-state index in [0.29, 0.717) is 6.42 Å². The van der Waals surface area contributed by atoms with E-state index in [1.54, 1.807) is 13.4 Å². The normalized spacial score (nSPS) is 18.0. The number of benzene rings is 2. The van der Waals surface area contributed by atoms with Crippen LogP contribution >= 0.6 is 0 Å². The van der Waals surface area contributed by atoms with Crippen LogP contribution in [-0.4, -0.2) is 35.7 Å². The van der Waals surface area contributed by atoms with E-state index < -0.39 is 5.79 Å². The standard InChI is InChI=1S/C21H24N6O/c1-27(16-7-9-17(28-2)10-8-16)20-18-5-3-4-6-19(18)25-21(22,26-20)12-11-15-13-23-14-24-15/h3-10,13-14,25H,11-12,22H2,1-2H3,(H,23,24). The maximum atomic E-state index is 6.66. The lowest BCUT2D eigenvalue weighted by atomic mass is 10.0. The number of para-hydroxylation sites is 1. The van der Waals surface area contributed by atoms with Crippen molar-refractivity contribution in [2.75, 3.05) is 24.4 Å². The molecule has 1 aliphatic rings. The third kappa shape index (κ3) is 3.57. The summed E-state index contributed by atoms with van der Waals surface area (Å²) in [5, 5.41) is 3.40. The van der Waals surface area contributed by atoms with Gasteiger partial charge in [0.2, 0.25) is 0 Å². The molecular weight excluding hydrogens is 352 g/mol. The summed E-state index contributed by atoms with van der Waals surface area (Å²) in [6, 6.07) is 16.0. The maximum Gasteiger partial charge on any atom is 0.185 e. The van der Waals surface area contributed by atoms with Crippen molar-refractivity contribution < 1.29 is 4.74 Å². The van der Waals surface area contributed by atoms with Gasteiger partial charge in [-0.15, -0.1) is 0 Å². The number of nitrogens with two attached hydrogens (primary N) is 1. The van der Waals surface area contributed by atoms with E-state index in [2.05, 4.69) is 26.3 Å². The van der Waals surface area contributed by atoms with Crippen LogP contribution in [0.4, 0.5) is 11.4 Å². The Morgan fingerprint density at radius 2 is 1.93 bits per heavy atom. The summed E-state index contributed by atoms with van der Waals surface area (Å²) in [4.78, 5) is 14.2. The summed E-state index contributed by atoms with van der Waals surface area (Å²) >= 11 is 0. The minimum atomic E-state index is -0.907. The van der Waals surface area contributed by atoms with Gasteiger partial charge in [-0.3, -0.25) is 5.73 Å². The number of aromatic nitrogens is 2. The van der Waals surface area contributed by atoms with E-state index in [4.69, 9.17) is 15.5 Å². The van der Waals surface area contributed by atoms with Crippen molar-refractivity contribution in [2.24, 2.45) is 10.7 Å². The summed E-state index contributed by atoms with van der Waals surface area (Å²) < 4.78 is 5.26. The topological polar surface area (TPSA) is 91.6 Å². The Bertz CT molecular complexity index is 967. The molecule has 1 aliphatic heterocycles. The molecule has 1 atom stereocenters. The molecule has 3 aromatic rings. The van der Waals surface area contributed by atoms with Crippen molar-refractivity contribution in [1.29, 1.82) is 0 Å². The van der Waals surface area contributed by atoms with Crippen molar-refractivity contribution in [3.05, 3.63) is 72.3 Å². The second-order valence-electron chi connectivity index (χ2n) is 6.86. The number of anilines is 2. The van der Waals surface area contributed by atoms with Gasteiger partial charge in [0, 0.05) is 42.3 Å². The molecule has 7 nitrogen and oxygen atoms in total. The molecule has 0 bridgehead atoms. The first-order valence-corrected chi connectivity index (χ1v) is 9.19. The smallest absolute Gasteiger partial charge is 0.185 e. The molecule has 2 aromatic carbocycles. The number of aryl methyl sites for hydroxylation is 1. The van der Waals surface area contributed by atoms with Crippen LogP contribution in [0.3, 0.4) is 0 Å². The Balaban J connectivity index is 1.67. The molecule has 0 spiro atoms. The van der Waals surface area contributed by atoms with Gasteiger partial charge >= 0.3 is 0 Å². The Labute approximate surface area is 164 Å². The molecule has 0 saturated heterocycles. The number of aromatic amines is 1. The predicted octanol–water partition coefficient (Wildman–Crippen LogP) is 2.97. The van der Waals surface area contributed by atoms with Gasteiger partial charge < -0.3 is 19.9 Å². The van der Waals surface area contributed by atoms with E-state index in [9.17, 15) is 0 Å². The largest absolute Gasteiger partial charge is 0.497 e. The minimum Gasteiger partial charge on any atom is -0.497 e. The molecule has 4 N–H and O–H groups in total. The maximum absolute atomic E-state index is 6.66. The average molecular weight is 376 g/mol. The lowest BCUT2D eigenvalue weighted by Gasteiger charge is -2.36. The molecule has 2 heterocycles. The van der Waals surface area contributed by atoms with Gasteiger partial charge in [-0.2, -0.15) is 0 Å². The average Bonchev–Trinajstić information content (AvgIpc) is 3.25. The number of imidazole rings is 1. The molecule has 28 heavy (non-hydrogen) atoms. The predicted molar refractivity (Wildman–Crippen MR) is 112 cm³/mol. The molecule has 0 fully saturated rings. The van der Waals surface area contributed by atoms with Crippen LogP contribution in [-0.2, 0) is 6.42 Å². The number of nitrogens with one attached hydrogen (secondary N) is 2. The molecule has 1 unspecified atom stereocenters. The number of ether oxygens (including phenoxy) is 1. The lowest BCUT2D eigenvalue weighted by Crippen LogP contribution is -2.51. The highest BCUT2D eigenvalue weighted by Gasteiger charge is 2.32. The monoisotopic (exact) mass is 376 g/mol. The van der Waals surface area contributed by atoms with Gasteiger partial charge in [0.05, 0.1) is 13.4 Å². The van der Waals surface area contributed by atoms with Crippen molar-refractivity contribution in [2.45, 2.75) is 18.6 Å². The van der Waals surface area contributed by atoms with Crippen LogP contribution in [0.1, 0.15) is 17.7 Å². The molecule has 4 rings (SSSR count). The van der Waals surface area contributed by atoms with Crippen molar-refractivity contribution in [1.82, 2.24) is 9.97 Å². The highest BCUT2D eigenvalue weighted by atomic mass is 16.5. The number of hydrogen-bond donors (Lipinski definition) is 3. The summed E-state index contributed by atoms with van der Waals surface area (Å²) in [6.07, 6.45) is 4.86. The molecular formula is C21H24N6O. The Morgan fingerprint density at radius 3 is 2.64 bits per heavy atom. The fraction of sp³-hybridized carbons (Fsp3) is 0.238. The third-order valence-corrected chi connectivity index (χ3v) is 4.93. The number of amidine groups is 1. The summed E-state index contributed by atoms with van der Waals surface area (Å²) in [5.41, 5.74) is 10.7. The molecule has 0 amide bonds. The van der Waals surface area contributed by atoms with Crippen LogP contribution in [0.25, 0.3) is 0 Å². The number of aliphatic imine (C=N–C) groups is 1.